The molecule has 0 fully saturated rings. The SMILES string of the molecule is COc1ccc(C(=O)Nc2ccccc2-c2nc3cnccc3s2)c(OC)c1OC. The lowest BCUT2D eigenvalue weighted by atomic mass is 10.1. The first kappa shape index (κ1) is 19.7. The van der Waals surface area contributed by atoms with Crippen molar-refractivity contribution in [1.82, 2.24) is 9.97 Å². The molecular formula is C22H19N3O4S. The summed E-state index contributed by atoms with van der Waals surface area (Å²) in [5.74, 6) is 0.815. The van der Waals surface area contributed by atoms with Crippen molar-refractivity contribution in [2.45, 2.75) is 0 Å². The Labute approximate surface area is 177 Å². The normalized spacial score (nSPS) is 10.6. The highest BCUT2D eigenvalue weighted by Crippen LogP contribution is 2.40. The number of hydrogen-bond donors (Lipinski definition) is 1. The van der Waals surface area contributed by atoms with Gasteiger partial charge in [-0.05, 0) is 30.3 Å². The van der Waals surface area contributed by atoms with Crippen LogP contribution in [-0.2, 0) is 0 Å². The fourth-order valence-electron chi connectivity index (χ4n) is 3.14. The van der Waals surface area contributed by atoms with Gasteiger partial charge in [-0.25, -0.2) is 4.98 Å². The molecule has 0 saturated heterocycles. The predicted octanol–water partition coefficient (Wildman–Crippen LogP) is 4.64. The molecule has 0 unspecified atom stereocenters. The third-order valence-electron chi connectivity index (χ3n) is 4.54. The van der Waals surface area contributed by atoms with Crippen LogP contribution in [0.1, 0.15) is 10.4 Å². The zero-order valence-corrected chi connectivity index (χ0v) is 17.4. The van der Waals surface area contributed by atoms with Crippen LogP contribution >= 0.6 is 11.3 Å². The Morgan fingerprint density at radius 3 is 2.50 bits per heavy atom. The predicted molar refractivity (Wildman–Crippen MR) is 117 cm³/mol. The van der Waals surface area contributed by atoms with Crippen LogP contribution in [0.25, 0.3) is 20.8 Å². The summed E-state index contributed by atoms with van der Waals surface area (Å²) in [4.78, 5) is 21.9. The lowest BCUT2D eigenvalue weighted by Gasteiger charge is -2.16. The van der Waals surface area contributed by atoms with E-state index in [-0.39, 0.29) is 5.91 Å². The molecule has 0 atom stereocenters. The van der Waals surface area contributed by atoms with Gasteiger partial charge in [0.1, 0.15) is 10.5 Å². The average molecular weight is 421 g/mol. The van der Waals surface area contributed by atoms with Gasteiger partial charge in [-0.2, -0.15) is 0 Å². The van der Waals surface area contributed by atoms with Gasteiger partial charge in [0.2, 0.25) is 5.75 Å². The molecular weight excluding hydrogens is 402 g/mol. The van der Waals surface area contributed by atoms with E-state index in [0.717, 1.165) is 20.8 Å². The van der Waals surface area contributed by atoms with Crippen molar-refractivity contribution < 1.29 is 19.0 Å². The minimum atomic E-state index is -0.331. The number of aromatic nitrogens is 2. The molecule has 4 aromatic rings. The Hall–Kier alpha value is -3.65. The zero-order chi connectivity index (χ0) is 21.1. The third-order valence-corrected chi connectivity index (χ3v) is 5.61. The van der Waals surface area contributed by atoms with E-state index in [0.29, 0.717) is 28.5 Å². The van der Waals surface area contributed by atoms with Crippen LogP contribution in [-0.4, -0.2) is 37.2 Å². The summed E-state index contributed by atoms with van der Waals surface area (Å²) < 4.78 is 17.1. The second-order valence-electron chi connectivity index (χ2n) is 6.24. The first-order chi connectivity index (χ1) is 14.7. The van der Waals surface area contributed by atoms with E-state index in [9.17, 15) is 4.79 Å². The molecule has 4 rings (SSSR count). The zero-order valence-electron chi connectivity index (χ0n) is 16.6. The molecule has 2 aromatic carbocycles. The van der Waals surface area contributed by atoms with Crippen LogP contribution in [0.3, 0.4) is 0 Å². The highest BCUT2D eigenvalue weighted by molar-refractivity contribution is 7.21. The van der Waals surface area contributed by atoms with E-state index in [2.05, 4.69) is 15.3 Å². The van der Waals surface area contributed by atoms with Gasteiger partial charge in [0, 0.05) is 11.8 Å². The number of amides is 1. The van der Waals surface area contributed by atoms with E-state index in [1.165, 1.54) is 21.3 Å². The number of carbonyl (C=O) groups is 1. The van der Waals surface area contributed by atoms with E-state index >= 15 is 0 Å². The first-order valence-electron chi connectivity index (χ1n) is 9.06. The Morgan fingerprint density at radius 1 is 0.967 bits per heavy atom. The van der Waals surface area contributed by atoms with Gasteiger partial charge in [0.05, 0.1) is 43.5 Å². The Bertz CT molecular complexity index is 1190. The van der Waals surface area contributed by atoms with Gasteiger partial charge in [0.15, 0.2) is 11.5 Å². The number of hydrogen-bond acceptors (Lipinski definition) is 7. The molecule has 0 aliphatic rings. The molecule has 2 aromatic heterocycles. The van der Waals surface area contributed by atoms with Crippen molar-refractivity contribution in [2.24, 2.45) is 0 Å². The number of methoxy groups -OCH3 is 3. The van der Waals surface area contributed by atoms with E-state index in [4.69, 9.17) is 14.2 Å². The molecule has 0 spiro atoms. The standard InChI is InChI=1S/C22H19N3O4S/c1-27-17-9-8-14(19(28-2)20(17)29-3)21(26)24-15-7-5-4-6-13(15)22-25-16-12-23-11-10-18(16)30-22/h4-12H,1-3H3,(H,24,26). The summed E-state index contributed by atoms with van der Waals surface area (Å²) in [5, 5.41) is 3.77. The lowest BCUT2D eigenvalue weighted by Crippen LogP contribution is -2.14. The number of ether oxygens (including phenoxy) is 3. The Morgan fingerprint density at radius 2 is 1.77 bits per heavy atom. The van der Waals surface area contributed by atoms with Crippen molar-refractivity contribution in [3.8, 4) is 27.8 Å². The number of thiazole rings is 1. The van der Waals surface area contributed by atoms with Gasteiger partial charge >= 0.3 is 0 Å². The number of nitrogens with one attached hydrogen (secondary N) is 1. The van der Waals surface area contributed by atoms with Crippen LogP contribution in [0, 0.1) is 0 Å². The van der Waals surface area contributed by atoms with Crippen LogP contribution in [0.15, 0.2) is 54.9 Å². The van der Waals surface area contributed by atoms with Crippen LogP contribution in [0.4, 0.5) is 5.69 Å². The minimum absolute atomic E-state index is 0.304. The summed E-state index contributed by atoms with van der Waals surface area (Å²) in [6.45, 7) is 0. The number of rotatable bonds is 6. The van der Waals surface area contributed by atoms with Gasteiger partial charge in [-0.15, -0.1) is 11.3 Å². The lowest BCUT2D eigenvalue weighted by molar-refractivity contribution is 0.102. The van der Waals surface area contributed by atoms with Gasteiger partial charge in [-0.1, -0.05) is 12.1 Å². The monoisotopic (exact) mass is 421 g/mol. The fourth-order valence-corrected chi connectivity index (χ4v) is 4.12. The number of anilines is 1. The molecule has 2 heterocycles. The van der Waals surface area contributed by atoms with E-state index in [1.807, 2.05) is 30.3 Å². The minimum Gasteiger partial charge on any atom is -0.493 e. The highest BCUT2D eigenvalue weighted by atomic mass is 32.1. The van der Waals surface area contributed by atoms with Crippen molar-refractivity contribution in [3.63, 3.8) is 0 Å². The average Bonchev–Trinajstić information content (AvgIpc) is 3.22. The summed E-state index contributed by atoms with van der Waals surface area (Å²) >= 11 is 1.54. The molecule has 0 aliphatic heterocycles. The van der Waals surface area contributed by atoms with Crippen molar-refractivity contribution >= 4 is 33.1 Å². The molecule has 1 amide bonds. The molecule has 8 heteroatoms. The smallest absolute Gasteiger partial charge is 0.259 e. The summed E-state index contributed by atoms with van der Waals surface area (Å²) in [6.07, 6.45) is 3.46. The van der Waals surface area contributed by atoms with Crippen molar-refractivity contribution in [2.75, 3.05) is 26.6 Å². The van der Waals surface area contributed by atoms with Gasteiger partial charge < -0.3 is 19.5 Å². The maximum Gasteiger partial charge on any atom is 0.259 e. The number of para-hydroxylation sites is 1. The maximum absolute atomic E-state index is 13.1. The first-order valence-corrected chi connectivity index (χ1v) is 9.88. The summed E-state index contributed by atoms with van der Waals surface area (Å²) in [5.41, 5.74) is 2.62. The molecule has 30 heavy (non-hydrogen) atoms. The second kappa shape index (κ2) is 8.38. The maximum atomic E-state index is 13.1. The van der Waals surface area contributed by atoms with Crippen LogP contribution < -0.4 is 19.5 Å². The van der Waals surface area contributed by atoms with Crippen LogP contribution in [0.2, 0.25) is 0 Å². The molecule has 1 N–H and O–H groups in total. The summed E-state index contributed by atoms with van der Waals surface area (Å²) in [6, 6.07) is 12.8. The number of pyridine rings is 1. The topological polar surface area (TPSA) is 82.6 Å². The van der Waals surface area contributed by atoms with Gasteiger partial charge in [-0.3, -0.25) is 9.78 Å². The molecule has 0 saturated carbocycles. The number of nitrogens with zero attached hydrogens (tertiary/aromatic N) is 2. The largest absolute Gasteiger partial charge is 0.493 e. The van der Waals surface area contributed by atoms with Gasteiger partial charge in [0.25, 0.3) is 5.91 Å². The Balaban J connectivity index is 1.71. The third kappa shape index (κ3) is 3.53. The Kier molecular flexibility index (Phi) is 5.49. The van der Waals surface area contributed by atoms with Crippen LogP contribution in [0.5, 0.6) is 17.2 Å². The number of benzene rings is 2. The molecule has 0 radical (unpaired) electrons. The molecule has 0 bridgehead atoms. The number of fused-ring (bicyclic) bond motifs is 1. The molecule has 7 nitrogen and oxygen atoms in total. The van der Waals surface area contributed by atoms with E-state index < -0.39 is 0 Å². The quantitative estimate of drug-likeness (QED) is 0.489. The van der Waals surface area contributed by atoms with Crippen molar-refractivity contribution in [1.29, 1.82) is 0 Å². The fraction of sp³-hybridized carbons (Fsp3) is 0.136. The van der Waals surface area contributed by atoms with Crippen molar-refractivity contribution in [3.05, 3.63) is 60.4 Å². The highest BCUT2D eigenvalue weighted by Gasteiger charge is 2.22. The molecule has 0 aliphatic carbocycles. The number of carbonyl (C=O) groups excluding carboxylic acids is 1. The second-order valence-corrected chi connectivity index (χ2v) is 7.27. The van der Waals surface area contributed by atoms with E-state index in [1.54, 1.807) is 35.9 Å². The summed E-state index contributed by atoms with van der Waals surface area (Å²) in [7, 11) is 4.51. The molecule has 152 valence electrons.